The second-order valence-corrected chi connectivity index (χ2v) is 11.5. The first-order chi connectivity index (χ1) is 14.6. The molecule has 0 aromatic carbocycles. The number of aliphatic hydroxyl groups excluding tert-OH is 1. The SMILES string of the molecule is CC(=O)O[C@H]1C[C@H]2[C@@H]3CC[C@H](C4=CC(=O)OC4)[C@@]3(C)CC[C@@H]2[C@@]2(C)CC[C@H](O)C[C@]12O. The van der Waals surface area contributed by atoms with E-state index in [2.05, 4.69) is 13.8 Å². The highest BCUT2D eigenvalue weighted by Gasteiger charge is 2.68. The number of cyclic esters (lactones) is 1. The lowest BCUT2D eigenvalue weighted by Gasteiger charge is -2.65. The van der Waals surface area contributed by atoms with Crippen molar-refractivity contribution in [3.63, 3.8) is 0 Å². The lowest BCUT2D eigenvalue weighted by molar-refractivity contribution is -0.269. The summed E-state index contributed by atoms with van der Waals surface area (Å²) < 4.78 is 11.0. The standard InChI is InChI=1S/C25H36O6/c1-14(26)31-21-11-17-19-5-4-18(15-10-22(28)30-13-15)23(19,2)8-7-20(17)24(3)9-6-16(27)12-25(21,24)29/h10,16-21,27,29H,4-9,11-13H2,1-3H3/t16-,17-,18+,19-,20-,21-,23+,24+,25-/m0/s1. The van der Waals surface area contributed by atoms with Crippen LogP contribution in [0.3, 0.4) is 0 Å². The fourth-order valence-electron chi connectivity index (χ4n) is 8.78. The van der Waals surface area contributed by atoms with Gasteiger partial charge in [-0.2, -0.15) is 0 Å². The van der Waals surface area contributed by atoms with Gasteiger partial charge in [0.1, 0.15) is 18.3 Å². The molecular weight excluding hydrogens is 396 g/mol. The van der Waals surface area contributed by atoms with Gasteiger partial charge in [0.15, 0.2) is 0 Å². The Morgan fingerprint density at radius 2 is 1.94 bits per heavy atom. The molecule has 6 heteroatoms. The molecule has 172 valence electrons. The molecule has 0 unspecified atom stereocenters. The van der Waals surface area contributed by atoms with Gasteiger partial charge in [-0.25, -0.2) is 4.79 Å². The fourth-order valence-corrected chi connectivity index (χ4v) is 8.78. The predicted octanol–water partition coefficient (Wildman–Crippen LogP) is 3.15. The molecule has 9 atom stereocenters. The number of hydrogen-bond acceptors (Lipinski definition) is 6. The Balaban J connectivity index is 1.50. The van der Waals surface area contributed by atoms with Crippen LogP contribution >= 0.6 is 0 Å². The van der Waals surface area contributed by atoms with Crippen molar-refractivity contribution in [1.29, 1.82) is 0 Å². The number of rotatable bonds is 2. The number of fused-ring (bicyclic) bond motifs is 5. The molecule has 0 aromatic rings. The molecule has 4 fully saturated rings. The van der Waals surface area contributed by atoms with Gasteiger partial charge in [0.2, 0.25) is 0 Å². The topological polar surface area (TPSA) is 93.1 Å². The highest BCUT2D eigenvalue weighted by atomic mass is 16.6. The van der Waals surface area contributed by atoms with E-state index in [-0.39, 0.29) is 29.2 Å². The largest absolute Gasteiger partial charge is 0.459 e. The number of carbonyl (C=O) groups excluding carboxylic acids is 2. The second-order valence-electron chi connectivity index (χ2n) is 11.5. The molecule has 0 bridgehead atoms. The number of esters is 2. The van der Waals surface area contributed by atoms with Crippen LogP contribution in [0, 0.1) is 34.5 Å². The zero-order valence-electron chi connectivity index (χ0n) is 18.9. The molecule has 5 rings (SSSR count). The van der Waals surface area contributed by atoms with Crippen molar-refractivity contribution >= 4 is 11.9 Å². The monoisotopic (exact) mass is 432 g/mol. The molecule has 31 heavy (non-hydrogen) atoms. The van der Waals surface area contributed by atoms with Gasteiger partial charge in [0.25, 0.3) is 0 Å². The average molecular weight is 433 g/mol. The van der Waals surface area contributed by atoms with E-state index in [0.717, 1.165) is 37.7 Å². The van der Waals surface area contributed by atoms with E-state index >= 15 is 0 Å². The molecule has 5 aliphatic rings. The van der Waals surface area contributed by atoms with Crippen molar-refractivity contribution in [3.05, 3.63) is 11.6 Å². The van der Waals surface area contributed by atoms with Crippen molar-refractivity contribution < 1.29 is 29.3 Å². The third-order valence-corrected chi connectivity index (χ3v) is 10.2. The van der Waals surface area contributed by atoms with Crippen molar-refractivity contribution in [2.45, 2.75) is 89.9 Å². The zero-order chi connectivity index (χ0) is 22.2. The Hall–Kier alpha value is -1.40. The molecule has 4 aliphatic carbocycles. The zero-order valence-corrected chi connectivity index (χ0v) is 18.9. The van der Waals surface area contributed by atoms with E-state index in [4.69, 9.17) is 9.47 Å². The van der Waals surface area contributed by atoms with E-state index < -0.39 is 17.8 Å². The van der Waals surface area contributed by atoms with Gasteiger partial charge in [-0.3, -0.25) is 4.79 Å². The third kappa shape index (κ3) is 2.97. The quantitative estimate of drug-likeness (QED) is 0.651. The molecule has 0 spiro atoms. The lowest BCUT2D eigenvalue weighted by Crippen LogP contribution is -2.69. The van der Waals surface area contributed by atoms with Crippen LogP contribution < -0.4 is 0 Å². The molecule has 4 saturated carbocycles. The first kappa shape index (κ1) is 21.4. The van der Waals surface area contributed by atoms with E-state index in [0.29, 0.717) is 43.1 Å². The minimum atomic E-state index is -1.18. The van der Waals surface area contributed by atoms with Gasteiger partial charge in [-0.1, -0.05) is 13.8 Å². The van der Waals surface area contributed by atoms with Crippen LogP contribution in [-0.4, -0.2) is 46.6 Å². The van der Waals surface area contributed by atoms with Crippen molar-refractivity contribution in [2.75, 3.05) is 6.61 Å². The van der Waals surface area contributed by atoms with Crippen LogP contribution in [0.1, 0.15) is 72.1 Å². The minimum absolute atomic E-state index is 0.0990. The normalized spacial score (nSPS) is 51.3. The highest BCUT2D eigenvalue weighted by Crippen LogP contribution is 2.69. The summed E-state index contributed by atoms with van der Waals surface area (Å²) in [5.41, 5.74) is -0.316. The van der Waals surface area contributed by atoms with Crippen LogP contribution in [0.4, 0.5) is 0 Å². The summed E-state index contributed by atoms with van der Waals surface area (Å²) in [4.78, 5) is 23.7. The van der Waals surface area contributed by atoms with Gasteiger partial charge < -0.3 is 19.7 Å². The maximum atomic E-state index is 12.0. The smallest absolute Gasteiger partial charge is 0.331 e. The van der Waals surface area contributed by atoms with Crippen molar-refractivity contribution in [1.82, 2.24) is 0 Å². The van der Waals surface area contributed by atoms with E-state index in [1.54, 1.807) is 6.08 Å². The second kappa shape index (κ2) is 7.05. The molecule has 6 nitrogen and oxygen atoms in total. The summed E-state index contributed by atoms with van der Waals surface area (Å²) in [5, 5.41) is 22.3. The van der Waals surface area contributed by atoms with E-state index in [9.17, 15) is 19.8 Å². The molecule has 0 radical (unpaired) electrons. The number of ether oxygens (including phenoxy) is 2. The Morgan fingerprint density at radius 1 is 1.16 bits per heavy atom. The van der Waals surface area contributed by atoms with Gasteiger partial charge in [-0.05, 0) is 79.6 Å². The van der Waals surface area contributed by atoms with Crippen molar-refractivity contribution in [2.24, 2.45) is 34.5 Å². The van der Waals surface area contributed by atoms with Gasteiger partial charge in [0.05, 0.1) is 6.10 Å². The van der Waals surface area contributed by atoms with Crippen LogP contribution in [0.25, 0.3) is 0 Å². The molecule has 0 amide bonds. The first-order valence-electron chi connectivity index (χ1n) is 12.0. The Morgan fingerprint density at radius 3 is 2.61 bits per heavy atom. The Kier molecular flexibility index (Phi) is 4.88. The Labute approximate surface area is 184 Å². The molecule has 1 aliphatic heterocycles. The van der Waals surface area contributed by atoms with Gasteiger partial charge in [-0.15, -0.1) is 0 Å². The first-order valence-corrected chi connectivity index (χ1v) is 12.0. The third-order valence-electron chi connectivity index (χ3n) is 10.2. The van der Waals surface area contributed by atoms with E-state index in [1.807, 2.05) is 0 Å². The lowest BCUT2D eigenvalue weighted by atomic mass is 9.42. The summed E-state index contributed by atoms with van der Waals surface area (Å²) in [6, 6.07) is 0. The maximum Gasteiger partial charge on any atom is 0.331 e. The van der Waals surface area contributed by atoms with Crippen molar-refractivity contribution in [3.8, 4) is 0 Å². The van der Waals surface area contributed by atoms with E-state index in [1.165, 1.54) is 6.92 Å². The van der Waals surface area contributed by atoms with Crippen LogP contribution in [-0.2, 0) is 19.1 Å². The van der Waals surface area contributed by atoms with Crippen LogP contribution in [0.15, 0.2) is 11.6 Å². The van der Waals surface area contributed by atoms with Crippen LogP contribution in [0.2, 0.25) is 0 Å². The summed E-state index contributed by atoms with van der Waals surface area (Å²) >= 11 is 0. The highest BCUT2D eigenvalue weighted by molar-refractivity contribution is 5.85. The number of hydrogen-bond donors (Lipinski definition) is 2. The number of carbonyl (C=O) groups is 2. The maximum absolute atomic E-state index is 12.0. The summed E-state index contributed by atoms with van der Waals surface area (Å²) in [6.45, 7) is 6.38. The summed E-state index contributed by atoms with van der Waals surface area (Å²) in [6.07, 6.45) is 7.20. The van der Waals surface area contributed by atoms with Crippen LogP contribution in [0.5, 0.6) is 0 Å². The minimum Gasteiger partial charge on any atom is -0.459 e. The summed E-state index contributed by atoms with van der Waals surface area (Å²) in [5.74, 6) is 0.963. The molecule has 0 saturated heterocycles. The predicted molar refractivity (Wildman–Crippen MR) is 113 cm³/mol. The number of aliphatic hydroxyl groups is 2. The van der Waals surface area contributed by atoms with Gasteiger partial charge in [0, 0.05) is 24.8 Å². The molecule has 2 N–H and O–H groups in total. The molecule has 1 heterocycles. The molecule has 0 aromatic heterocycles. The summed E-state index contributed by atoms with van der Waals surface area (Å²) in [7, 11) is 0. The fraction of sp³-hybridized carbons (Fsp3) is 0.840. The average Bonchev–Trinajstić information content (AvgIpc) is 3.26. The Bertz CT molecular complexity index is 821. The molecular formula is C25H36O6. The van der Waals surface area contributed by atoms with Gasteiger partial charge >= 0.3 is 11.9 Å².